The van der Waals surface area contributed by atoms with Crippen molar-refractivity contribution in [3.8, 4) is 0 Å². The van der Waals surface area contributed by atoms with E-state index >= 15 is 0 Å². The molecule has 114 valence electrons. The molecule has 0 spiro atoms. The van der Waals surface area contributed by atoms with Gasteiger partial charge < -0.3 is 10.6 Å². The molecule has 1 aromatic heterocycles. The van der Waals surface area contributed by atoms with E-state index in [2.05, 4.69) is 61.1 Å². The van der Waals surface area contributed by atoms with Crippen LogP contribution >= 0.6 is 0 Å². The molecule has 0 aliphatic carbocycles. The van der Waals surface area contributed by atoms with Gasteiger partial charge in [0.05, 0.1) is 5.69 Å². The average Bonchev–Trinajstić information content (AvgIpc) is 2.72. The van der Waals surface area contributed by atoms with Gasteiger partial charge in [-0.05, 0) is 39.3 Å². The zero-order chi connectivity index (χ0) is 15.4. The highest BCUT2D eigenvalue weighted by molar-refractivity contribution is 5.51. The number of nitrogens with two attached hydrogens (primary N) is 1. The van der Waals surface area contributed by atoms with E-state index in [4.69, 9.17) is 5.73 Å². The van der Waals surface area contributed by atoms with Gasteiger partial charge in [0.2, 0.25) is 0 Å². The summed E-state index contributed by atoms with van der Waals surface area (Å²) in [6.07, 6.45) is 0.868. The van der Waals surface area contributed by atoms with Crippen molar-refractivity contribution in [1.29, 1.82) is 0 Å². The van der Waals surface area contributed by atoms with Crippen LogP contribution in [-0.4, -0.2) is 22.4 Å². The third-order valence-electron chi connectivity index (χ3n) is 3.80. The second-order valence-electron chi connectivity index (χ2n) is 5.76. The van der Waals surface area contributed by atoms with E-state index in [0.29, 0.717) is 12.6 Å². The Morgan fingerprint density at radius 2 is 1.90 bits per heavy atom. The van der Waals surface area contributed by atoms with Crippen LogP contribution in [0.1, 0.15) is 30.7 Å². The maximum Gasteiger partial charge on any atom is 0.130 e. The van der Waals surface area contributed by atoms with Gasteiger partial charge >= 0.3 is 0 Å². The third kappa shape index (κ3) is 3.45. The predicted molar refractivity (Wildman–Crippen MR) is 88.5 cm³/mol. The van der Waals surface area contributed by atoms with Gasteiger partial charge in [0.15, 0.2) is 0 Å². The van der Waals surface area contributed by atoms with E-state index in [9.17, 15) is 0 Å². The number of hydrogen-bond donors (Lipinski definition) is 1. The molecule has 1 aromatic carbocycles. The van der Waals surface area contributed by atoms with E-state index in [1.54, 1.807) is 0 Å². The minimum atomic E-state index is 0.400. The number of aromatic nitrogens is 2. The molecule has 0 aliphatic rings. The van der Waals surface area contributed by atoms with Gasteiger partial charge in [-0.3, -0.25) is 4.68 Å². The molecule has 0 unspecified atom stereocenters. The summed E-state index contributed by atoms with van der Waals surface area (Å²) >= 11 is 0. The molecule has 0 amide bonds. The van der Waals surface area contributed by atoms with Crippen molar-refractivity contribution >= 4 is 5.82 Å². The number of benzene rings is 1. The van der Waals surface area contributed by atoms with E-state index in [0.717, 1.165) is 18.7 Å². The Balaban J connectivity index is 2.39. The summed E-state index contributed by atoms with van der Waals surface area (Å²) in [6, 6.07) is 11.0. The Morgan fingerprint density at radius 3 is 2.48 bits per heavy atom. The summed E-state index contributed by atoms with van der Waals surface area (Å²) in [7, 11) is 2.02. The molecule has 2 aromatic rings. The average molecular weight is 286 g/mol. The number of nitrogens with zero attached hydrogens (tertiary/aromatic N) is 3. The van der Waals surface area contributed by atoms with Crippen molar-refractivity contribution in [3.63, 3.8) is 0 Å². The molecule has 0 aliphatic heterocycles. The first kappa shape index (κ1) is 15.6. The van der Waals surface area contributed by atoms with Crippen LogP contribution < -0.4 is 10.6 Å². The van der Waals surface area contributed by atoms with Crippen molar-refractivity contribution in [2.24, 2.45) is 12.8 Å². The lowest BCUT2D eigenvalue weighted by molar-refractivity contribution is 0.631. The zero-order valence-electron chi connectivity index (χ0n) is 13.5. The number of aryl methyl sites for hydroxylation is 2. The Morgan fingerprint density at radius 1 is 1.24 bits per heavy atom. The molecule has 0 saturated heterocycles. The van der Waals surface area contributed by atoms with Crippen LogP contribution in [0.5, 0.6) is 0 Å². The number of anilines is 1. The molecule has 21 heavy (non-hydrogen) atoms. The van der Waals surface area contributed by atoms with Gasteiger partial charge in [-0.25, -0.2) is 0 Å². The second kappa shape index (κ2) is 6.76. The topological polar surface area (TPSA) is 47.1 Å². The molecule has 0 bridgehead atoms. The summed E-state index contributed by atoms with van der Waals surface area (Å²) in [5.41, 5.74) is 9.44. The molecule has 4 nitrogen and oxygen atoms in total. The van der Waals surface area contributed by atoms with Gasteiger partial charge in [-0.15, -0.1) is 0 Å². The summed E-state index contributed by atoms with van der Waals surface area (Å²) in [5.74, 6) is 1.19. The fourth-order valence-electron chi connectivity index (χ4n) is 2.77. The van der Waals surface area contributed by atoms with Crippen molar-refractivity contribution in [2.45, 2.75) is 39.8 Å². The predicted octanol–water partition coefficient (Wildman–Crippen LogP) is 2.64. The van der Waals surface area contributed by atoms with Crippen LogP contribution in [0.3, 0.4) is 0 Å². The molecule has 1 heterocycles. The van der Waals surface area contributed by atoms with Crippen LogP contribution in [-0.2, 0) is 20.0 Å². The van der Waals surface area contributed by atoms with Gasteiger partial charge in [0, 0.05) is 25.2 Å². The van der Waals surface area contributed by atoms with Gasteiger partial charge in [-0.2, -0.15) is 5.10 Å². The van der Waals surface area contributed by atoms with Crippen LogP contribution in [0.2, 0.25) is 0 Å². The van der Waals surface area contributed by atoms with Crippen LogP contribution in [0.25, 0.3) is 0 Å². The first-order valence-corrected chi connectivity index (χ1v) is 7.57. The maximum atomic E-state index is 5.78. The fourth-order valence-corrected chi connectivity index (χ4v) is 2.77. The maximum absolute atomic E-state index is 5.78. The van der Waals surface area contributed by atoms with E-state index in [1.165, 1.54) is 16.9 Å². The molecule has 0 radical (unpaired) electrons. The Hall–Kier alpha value is -1.81. The molecule has 0 saturated carbocycles. The summed E-state index contributed by atoms with van der Waals surface area (Å²) < 4.78 is 1.99. The molecule has 2 N–H and O–H groups in total. The highest BCUT2D eigenvalue weighted by Gasteiger charge is 2.21. The zero-order valence-corrected chi connectivity index (χ0v) is 13.5. The van der Waals surface area contributed by atoms with Gasteiger partial charge in [0.25, 0.3) is 0 Å². The van der Waals surface area contributed by atoms with Crippen molar-refractivity contribution in [1.82, 2.24) is 9.78 Å². The number of hydrogen-bond acceptors (Lipinski definition) is 3. The van der Waals surface area contributed by atoms with E-state index < -0.39 is 0 Å². The summed E-state index contributed by atoms with van der Waals surface area (Å²) in [4.78, 5) is 2.40. The molecule has 2 rings (SSSR count). The minimum Gasteiger partial charge on any atom is -0.350 e. The number of rotatable bonds is 6. The standard InChI is InChI=1S/C17H26N4/c1-13(2)21(12-15-8-6-5-7-9-15)17-16(10-11-18)14(3)19-20(17)4/h5-9,13H,10-12,18H2,1-4H3. The lowest BCUT2D eigenvalue weighted by atomic mass is 10.1. The third-order valence-corrected chi connectivity index (χ3v) is 3.80. The smallest absolute Gasteiger partial charge is 0.130 e. The SMILES string of the molecule is Cc1nn(C)c(N(Cc2ccccc2)C(C)C)c1CCN. The monoisotopic (exact) mass is 286 g/mol. The van der Waals surface area contributed by atoms with Crippen LogP contribution in [0.15, 0.2) is 30.3 Å². The van der Waals surface area contributed by atoms with E-state index in [-0.39, 0.29) is 0 Å². The van der Waals surface area contributed by atoms with Crippen molar-refractivity contribution < 1.29 is 0 Å². The largest absolute Gasteiger partial charge is 0.350 e. The van der Waals surface area contributed by atoms with Gasteiger partial charge in [0.1, 0.15) is 5.82 Å². The lowest BCUT2D eigenvalue weighted by Crippen LogP contribution is -2.32. The highest BCUT2D eigenvalue weighted by atomic mass is 15.4. The van der Waals surface area contributed by atoms with E-state index in [1.807, 2.05) is 11.7 Å². The summed E-state index contributed by atoms with van der Waals surface area (Å²) in [6.45, 7) is 8.04. The Labute approximate surface area is 127 Å². The van der Waals surface area contributed by atoms with Crippen LogP contribution in [0, 0.1) is 6.92 Å². The Bertz CT molecular complexity index is 572. The normalized spacial score (nSPS) is 11.1. The highest BCUT2D eigenvalue weighted by Crippen LogP contribution is 2.27. The molecule has 4 heteroatoms. The quantitative estimate of drug-likeness (QED) is 0.888. The molecule has 0 fully saturated rings. The molecular formula is C17H26N4. The van der Waals surface area contributed by atoms with Gasteiger partial charge in [-0.1, -0.05) is 30.3 Å². The summed E-state index contributed by atoms with van der Waals surface area (Å²) in [5, 5.41) is 4.59. The minimum absolute atomic E-state index is 0.400. The fraction of sp³-hybridized carbons (Fsp3) is 0.471. The lowest BCUT2D eigenvalue weighted by Gasteiger charge is -2.30. The van der Waals surface area contributed by atoms with Crippen LogP contribution in [0.4, 0.5) is 5.82 Å². The van der Waals surface area contributed by atoms with Crippen molar-refractivity contribution in [2.75, 3.05) is 11.4 Å². The molecular weight excluding hydrogens is 260 g/mol. The second-order valence-corrected chi connectivity index (χ2v) is 5.76. The first-order chi connectivity index (χ1) is 10.0. The first-order valence-electron chi connectivity index (χ1n) is 7.57. The van der Waals surface area contributed by atoms with Crippen molar-refractivity contribution in [3.05, 3.63) is 47.2 Å². The Kier molecular flexibility index (Phi) is 5.02. The molecule has 0 atom stereocenters.